The van der Waals surface area contributed by atoms with Gasteiger partial charge in [-0.1, -0.05) is 22.0 Å². The van der Waals surface area contributed by atoms with Crippen molar-refractivity contribution in [3.63, 3.8) is 0 Å². The number of aromatic nitrogens is 2. The Hall–Kier alpha value is -0.940. The SMILES string of the molecule is CSc1cccc(Br)c1-c1cc(N)n[nH]1. The van der Waals surface area contributed by atoms with Crippen LogP contribution in [0.5, 0.6) is 0 Å². The molecule has 0 aliphatic rings. The number of aromatic amines is 1. The molecule has 0 bridgehead atoms. The standard InChI is InChI=1S/C10H10BrN3S/c1-15-8-4-2-3-6(11)10(8)7-5-9(12)14-13-7/h2-5H,1H3,(H3,12,13,14). The van der Waals surface area contributed by atoms with Crippen LogP contribution in [0, 0.1) is 0 Å². The number of nitrogen functional groups attached to an aromatic ring is 1. The molecule has 3 N–H and O–H groups in total. The summed E-state index contributed by atoms with van der Waals surface area (Å²) in [6.45, 7) is 0. The lowest BCUT2D eigenvalue weighted by molar-refractivity contribution is 1.10. The highest BCUT2D eigenvalue weighted by molar-refractivity contribution is 9.10. The van der Waals surface area contributed by atoms with E-state index in [1.165, 1.54) is 4.90 Å². The number of hydrogen-bond donors (Lipinski definition) is 2. The molecule has 1 aromatic carbocycles. The van der Waals surface area contributed by atoms with E-state index in [0.29, 0.717) is 5.82 Å². The van der Waals surface area contributed by atoms with Crippen molar-refractivity contribution >= 4 is 33.5 Å². The third kappa shape index (κ3) is 2.03. The van der Waals surface area contributed by atoms with E-state index in [0.717, 1.165) is 15.7 Å². The fourth-order valence-electron chi connectivity index (χ4n) is 1.40. The van der Waals surface area contributed by atoms with Gasteiger partial charge in [0.05, 0.1) is 5.69 Å². The van der Waals surface area contributed by atoms with E-state index in [-0.39, 0.29) is 0 Å². The number of anilines is 1. The Labute approximate surface area is 101 Å². The van der Waals surface area contributed by atoms with Gasteiger partial charge in [-0.05, 0) is 18.4 Å². The van der Waals surface area contributed by atoms with Crippen molar-refractivity contribution in [3.05, 3.63) is 28.7 Å². The van der Waals surface area contributed by atoms with Crippen molar-refractivity contribution in [1.82, 2.24) is 10.2 Å². The molecule has 0 amide bonds. The van der Waals surface area contributed by atoms with Gasteiger partial charge in [0.1, 0.15) is 5.82 Å². The highest BCUT2D eigenvalue weighted by Gasteiger charge is 2.10. The maximum absolute atomic E-state index is 5.59. The van der Waals surface area contributed by atoms with Gasteiger partial charge >= 0.3 is 0 Å². The second kappa shape index (κ2) is 4.28. The molecule has 0 spiro atoms. The number of hydrogen-bond acceptors (Lipinski definition) is 3. The topological polar surface area (TPSA) is 54.7 Å². The summed E-state index contributed by atoms with van der Waals surface area (Å²) in [6.07, 6.45) is 2.05. The summed E-state index contributed by atoms with van der Waals surface area (Å²) < 4.78 is 1.04. The Balaban J connectivity index is 2.60. The van der Waals surface area contributed by atoms with Crippen LogP contribution in [-0.2, 0) is 0 Å². The predicted octanol–water partition coefficient (Wildman–Crippen LogP) is 3.14. The van der Waals surface area contributed by atoms with E-state index in [1.54, 1.807) is 11.8 Å². The van der Waals surface area contributed by atoms with Crippen LogP contribution in [0.25, 0.3) is 11.3 Å². The number of nitrogens with one attached hydrogen (secondary N) is 1. The van der Waals surface area contributed by atoms with Gasteiger partial charge in [-0.15, -0.1) is 11.8 Å². The second-order valence-corrected chi connectivity index (χ2v) is 4.73. The Kier molecular flexibility index (Phi) is 3.02. The molecule has 0 saturated heterocycles. The zero-order chi connectivity index (χ0) is 10.8. The first-order valence-corrected chi connectivity index (χ1v) is 6.38. The normalized spacial score (nSPS) is 10.5. The fourth-order valence-corrected chi connectivity index (χ4v) is 2.75. The van der Waals surface area contributed by atoms with Crippen LogP contribution in [0.1, 0.15) is 0 Å². The van der Waals surface area contributed by atoms with Gasteiger partial charge in [0, 0.05) is 21.0 Å². The highest BCUT2D eigenvalue weighted by Crippen LogP contribution is 2.35. The van der Waals surface area contributed by atoms with Crippen LogP contribution in [-0.4, -0.2) is 16.5 Å². The van der Waals surface area contributed by atoms with Gasteiger partial charge in [0.25, 0.3) is 0 Å². The van der Waals surface area contributed by atoms with Crippen molar-refractivity contribution in [3.8, 4) is 11.3 Å². The molecule has 0 radical (unpaired) electrons. The molecule has 15 heavy (non-hydrogen) atoms. The number of H-pyrrole nitrogens is 1. The Bertz CT molecular complexity index is 481. The first-order valence-electron chi connectivity index (χ1n) is 4.36. The van der Waals surface area contributed by atoms with Gasteiger partial charge in [-0.2, -0.15) is 5.10 Å². The highest BCUT2D eigenvalue weighted by atomic mass is 79.9. The molecule has 0 atom stereocenters. The third-order valence-corrected chi connectivity index (χ3v) is 3.50. The number of nitrogens with zero attached hydrogens (tertiary/aromatic N) is 1. The van der Waals surface area contributed by atoms with Gasteiger partial charge in [0.15, 0.2) is 0 Å². The summed E-state index contributed by atoms with van der Waals surface area (Å²) >= 11 is 5.23. The van der Waals surface area contributed by atoms with Gasteiger partial charge in [-0.3, -0.25) is 5.10 Å². The van der Waals surface area contributed by atoms with E-state index >= 15 is 0 Å². The molecule has 0 aliphatic heterocycles. The number of nitrogens with two attached hydrogens (primary N) is 1. The van der Waals surface area contributed by atoms with Gasteiger partial charge in [-0.25, -0.2) is 0 Å². The Morgan fingerprint density at radius 1 is 1.47 bits per heavy atom. The van der Waals surface area contributed by atoms with E-state index in [1.807, 2.05) is 24.5 Å². The average molecular weight is 284 g/mol. The number of thioether (sulfide) groups is 1. The van der Waals surface area contributed by atoms with Crippen molar-refractivity contribution in [1.29, 1.82) is 0 Å². The molecule has 3 nitrogen and oxygen atoms in total. The molecule has 5 heteroatoms. The lowest BCUT2D eigenvalue weighted by atomic mass is 10.1. The summed E-state index contributed by atoms with van der Waals surface area (Å²) in [4.78, 5) is 1.19. The Morgan fingerprint density at radius 2 is 2.27 bits per heavy atom. The second-order valence-electron chi connectivity index (χ2n) is 3.02. The lowest BCUT2D eigenvalue weighted by Crippen LogP contribution is -1.84. The molecule has 1 heterocycles. The van der Waals surface area contributed by atoms with E-state index in [2.05, 4.69) is 32.2 Å². The molecule has 2 rings (SSSR count). The molecule has 2 aromatic rings. The van der Waals surface area contributed by atoms with Crippen LogP contribution in [0.4, 0.5) is 5.82 Å². The largest absolute Gasteiger partial charge is 0.382 e. The monoisotopic (exact) mass is 283 g/mol. The summed E-state index contributed by atoms with van der Waals surface area (Å²) in [5, 5.41) is 6.85. The fraction of sp³-hybridized carbons (Fsp3) is 0.100. The summed E-state index contributed by atoms with van der Waals surface area (Å²) in [7, 11) is 0. The smallest absolute Gasteiger partial charge is 0.145 e. The van der Waals surface area contributed by atoms with E-state index < -0.39 is 0 Å². The molecular formula is C10H10BrN3S. The number of halogens is 1. The minimum absolute atomic E-state index is 0.507. The average Bonchev–Trinajstić information content (AvgIpc) is 2.64. The van der Waals surface area contributed by atoms with Crippen molar-refractivity contribution in [2.45, 2.75) is 4.90 Å². The van der Waals surface area contributed by atoms with Gasteiger partial charge in [0.2, 0.25) is 0 Å². The van der Waals surface area contributed by atoms with Crippen molar-refractivity contribution < 1.29 is 0 Å². The molecule has 0 fully saturated rings. The Morgan fingerprint density at radius 3 is 2.87 bits per heavy atom. The molecule has 0 saturated carbocycles. The van der Waals surface area contributed by atoms with Crippen LogP contribution < -0.4 is 5.73 Å². The van der Waals surface area contributed by atoms with E-state index in [9.17, 15) is 0 Å². The predicted molar refractivity (Wildman–Crippen MR) is 67.9 cm³/mol. The first-order chi connectivity index (χ1) is 7.22. The molecule has 0 unspecified atom stereocenters. The third-order valence-electron chi connectivity index (χ3n) is 2.06. The quantitative estimate of drug-likeness (QED) is 0.833. The number of benzene rings is 1. The number of rotatable bonds is 2. The zero-order valence-corrected chi connectivity index (χ0v) is 10.5. The molecule has 1 aromatic heterocycles. The summed E-state index contributed by atoms with van der Waals surface area (Å²) in [5.41, 5.74) is 7.63. The molecule has 0 aliphatic carbocycles. The minimum Gasteiger partial charge on any atom is -0.382 e. The van der Waals surface area contributed by atoms with Crippen LogP contribution in [0.2, 0.25) is 0 Å². The molecule has 78 valence electrons. The summed E-state index contributed by atoms with van der Waals surface area (Å²) in [5.74, 6) is 0.507. The first kappa shape index (κ1) is 10.6. The maximum Gasteiger partial charge on any atom is 0.145 e. The van der Waals surface area contributed by atoms with Crippen LogP contribution >= 0.6 is 27.7 Å². The van der Waals surface area contributed by atoms with Crippen LogP contribution in [0.15, 0.2) is 33.6 Å². The maximum atomic E-state index is 5.59. The molecular weight excluding hydrogens is 274 g/mol. The zero-order valence-electron chi connectivity index (χ0n) is 8.12. The van der Waals surface area contributed by atoms with E-state index in [4.69, 9.17) is 5.73 Å². The lowest BCUT2D eigenvalue weighted by Gasteiger charge is -2.06. The van der Waals surface area contributed by atoms with Gasteiger partial charge < -0.3 is 5.73 Å². The van der Waals surface area contributed by atoms with Crippen LogP contribution in [0.3, 0.4) is 0 Å². The summed E-state index contributed by atoms with van der Waals surface area (Å²) in [6, 6.07) is 7.92. The van der Waals surface area contributed by atoms with Crippen molar-refractivity contribution in [2.75, 3.05) is 12.0 Å². The minimum atomic E-state index is 0.507. The van der Waals surface area contributed by atoms with Crippen molar-refractivity contribution in [2.24, 2.45) is 0 Å².